The van der Waals surface area contributed by atoms with Crippen LogP contribution in [0.3, 0.4) is 0 Å². The van der Waals surface area contributed by atoms with Gasteiger partial charge < -0.3 is 125 Å². The van der Waals surface area contributed by atoms with E-state index in [9.17, 15) is 71.5 Å². The summed E-state index contributed by atoms with van der Waals surface area (Å²) in [6, 6.07) is -1.91. The average Bonchev–Trinajstić information content (AvgIpc) is 3.21. The molecule has 25 nitrogen and oxygen atoms in total. The summed E-state index contributed by atoms with van der Waals surface area (Å²) in [6.07, 6.45) is -40.4. The van der Waals surface area contributed by atoms with E-state index in [1.165, 1.54) is 13.0 Å². The predicted octanol–water partition coefficient (Wildman–Crippen LogP) is -8.63. The Morgan fingerprint density at radius 2 is 0.898 bits per heavy atom. The molecule has 5 saturated heterocycles. The van der Waals surface area contributed by atoms with Crippen molar-refractivity contribution in [1.82, 2.24) is 0 Å². The van der Waals surface area contributed by atoms with E-state index >= 15 is 0 Å². The SMILES string of the molecule is C=CCO[C@@H]1OC(CO)[C@H](O[C@@H]2OC(CO)[C@H](O)C(O[C@@H]3OC(CO)[C@H](O)C(O[C@@H]4OC(CO)[C@H](O)C(O)C4O[C@@H]4OC(C)[C@H](O)C(O)C4O)C3[NH-])C2O)C(O)C1O.[Ac]. The van der Waals surface area contributed by atoms with Gasteiger partial charge in [0.25, 0.3) is 0 Å². The molecule has 5 aliphatic rings. The molecular formula is C33H56AcNO24-. The van der Waals surface area contributed by atoms with Crippen LogP contribution in [0.4, 0.5) is 0 Å². The third kappa shape index (κ3) is 11.2. The third-order valence-corrected chi connectivity index (χ3v) is 10.7. The summed E-state index contributed by atoms with van der Waals surface area (Å²) >= 11 is 0. The number of hydrogen-bond acceptors (Lipinski definition) is 24. The van der Waals surface area contributed by atoms with E-state index in [1.807, 2.05) is 0 Å². The van der Waals surface area contributed by atoms with Crippen molar-refractivity contribution in [2.24, 2.45) is 0 Å². The topological polar surface area (TPSA) is 399 Å². The standard InChI is InChI=1S/C33H56NO24.Ac/c1-3-4-49-30-23(47)21(45)25(13(8-38)54-30)55-32-24(48)27(18(42)12(7-37)52-32)57-29-14(34)26(17(41)11(6-36)51-29)56-33-28(20(44)16(40)10(5-35)53-33)58-31-22(46)19(43)15(39)9(2)50-31;/h3,9-48H,1,4-8H2,2H3;/q-1;/t9?,10?,11?,12?,13?,14?,15-,16-,17-,18-,19?,20?,21?,22?,23?,24?,25-,26?,27?,28?,29-,30+,31-,32-,33-;/m0./s1. The van der Waals surface area contributed by atoms with Crippen LogP contribution >= 0.6 is 0 Å². The van der Waals surface area contributed by atoms with Crippen molar-refractivity contribution in [2.45, 2.75) is 160 Å². The molecule has 5 heterocycles. The van der Waals surface area contributed by atoms with Gasteiger partial charge in [0.1, 0.15) is 110 Å². The van der Waals surface area contributed by atoms with Crippen molar-refractivity contribution in [1.29, 1.82) is 0 Å². The van der Waals surface area contributed by atoms with E-state index in [-0.39, 0.29) is 50.7 Å². The minimum absolute atomic E-state index is 0. The Kier molecular flexibility index (Phi) is 20.1. The number of aliphatic hydroxyl groups is 14. The van der Waals surface area contributed by atoms with Gasteiger partial charge in [0.05, 0.1) is 45.2 Å². The Labute approximate surface area is 372 Å². The van der Waals surface area contributed by atoms with Gasteiger partial charge in [-0.25, -0.2) is 0 Å². The van der Waals surface area contributed by atoms with E-state index in [0.717, 1.165) is 0 Å². The van der Waals surface area contributed by atoms with Gasteiger partial charge in [-0.2, -0.15) is 0 Å². The maximum Gasteiger partial charge on any atom is 0.187 e. The first kappa shape index (κ1) is 51.8. The molecule has 5 fully saturated rings. The Morgan fingerprint density at radius 1 is 0.458 bits per heavy atom. The predicted molar refractivity (Wildman–Crippen MR) is 181 cm³/mol. The Morgan fingerprint density at radius 3 is 1.49 bits per heavy atom. The molecule has 5 rings (SSSR count). The molecule has 25 atom stereocenters. The molecule has 0 amide bonds. The maximum atomic E-state index is 11.4. The van der Waals surface area contributed by atoms with E-state index in [1.54, 1.807) is 0 Å². The molecule has 0 bridgehead atoms. The van der Waals surface area contributed by atoms with Crippen LogP contribution in [-0.4, -0.2) is 258 Å². The monoisotopic (exact) mass is 1080 g/mol. The molecule has 0 aromatic heterocycles. The third-order valence-electron chi connectivity index (χ3n) is 10.7. The summed E-state index contributed by atoms with van der Waals surface area (Å²) in [5.41, 5.74) is 8.98. The van der Waals surface area contributed by atoms with Crippen molar-refractivity contribution in [3.63, 3.8) is 0 Å². The molecule has 26 heteroatoms. The summed E-state index contributed by atoms with van der Waals surface area (Å²) in [7, 11) is 0. The van der Waals surface area contributed by atoms with Crippen molar-refractivity contribution < 1.29 is 163 Å². The first-order chi connectivity index (χ1) is 27.5. The van der Waals surface area contributed by atoms with Crippen LogP contribution in [-0.2, 0) is 47.4 Å². The van der Waals surface area contributed by atoms with E-state index in [0.29, 0.717) is 0 Å². The second-order valence-corrected chi connectivity index (χ2v) is 14.6. The molecule has 0 aliphatic carbocycles. The second kappa shape index (κ2) is 22.9. The van der Waals surface area contributed by atoms with Crippen LogP contribution < -0.4 is 0 Å². The molecule has 0 aromatic rings. The van der Waals surface area contributed by atoms with Gasteiger partial charge >= 0.3 is 0 Å². The number of aliphatic hydroxyl groups excluding tert-OH is 14. The zero-order chi connectivity index (χ0) is 42.7. The largest absolute Gasteiger partial charge is 0.668 e. The van der Waals surface area contributed by atoms with Gasteiger partial charge in [0, 0.05) is 44.1 Å². The Balaban J connectivity index is 0.00000769. The second-order valence-electron chi connectivity index (χ2n) is 14.6. The summed E-state index contributed by atoms with van der Waals surface area (Å²) in [5.74, 6) is 0. The Bertz CT molecular complexity index is 1280. The average molecular weight is 1080 g/mol. The van der Waals surface area contributed by atoms with Crippen LogP contribution in [0.2, 0.25) is 0 Å². The number of hydrogen-bond donors (Lipinski definition) is 14. The van der Waals surface area contributed by atoms with Crippen molar-refractivity contribution in [3.8, 4) is 0 Å². The van der Waals surface area contributed by atoms with Crippen LogP contribution in [0.5, 0.6) is 0 Å². The van der Waals surface area contributed by atoms with Crippen LogP contribution in [0.15, 0.2) is 12.7 Å². The van der Waals surface area contributed by atoms with E-state index in [2.05, 4.69) is 6.58 Å². The van der Waals surface area contributed by atoms with Gasteiger partial charge in [-0.15, -0.1) is 6.58 Å². The summed E-state index contributed by atoms with van der Waals surface area (Å²) in [4.78, 5) is 0. The molecule has 59 heavy (non-hydrogen) atoms. The number of rotatable bonds is 15. The number of ether oxygens (including phenoxy) is 10. The normalized spacial score (nSPS) is 50.8. The molecule has 15 unspecified atom stereocenters. The smallest absolute Gasteiger partial charge is 0.187 e. The van der Waals surface area contributed by atoms with E-state index in [4.69, 9.17) is 53.1 Å². The van der Waals surface area contributed by atoms with Crippen molar-refractivity contribution in [3.05, 3.63) is 18.4 Å². The van der Waals surface area contributed by atoms with Crippen molar-refractivity contribution >= 4 is 0 Å². The molecule has 0 spiro atoms. The minimum atomic E-state index is -2.05. The summed E-state index contributed by atoms with van der Waals surface area (Å²) in [5, 5.41) is 148. The first-order valence-electron chi connectivity index (χ1n) is 18.6. The summed E-state index contributed by atoms with van der Waals surface area (Å²) < 4.78 is 56.2. The fraction of sp³-hybridized carbons (Fsp3) is 0.939. The molecule has 15 N–H and O–H groups in total. The summed E-state index contributed by atoms with van der Waals surface area (Å²) in [6.45, 7) is 1.21. The Hall–Kier alpha value is 0.182. The minimum Gasteiger partial charge on any atom is -0.668 e. The van der Waals surface area contributed by atoms with Gasteiger partial charge in [-0.3, -0.25) is 0 Å². The van der Waals surface area contributed by atoms with Crippen LogP contribution in [0, 0.1) is 44.1 Å². The number of nitrogens with one attached hydrogen (secondary N) is 1. The first-order valence-corrected chi connectivity index (χ1v) is 18.6. The molecule has 1 radical (unpaired) electrons. The molecular weight excluding hydrogens is 1020 g/mol. The fourth-order valence-electron chi connectivity index (χ4n) is 7.25. The van der Waals surface area contributed by atoms with Crippen molar-refractivity contribution in [2.75, 3.05) is 33.0 Å². The quantitative estimate of drug-likeness (QED) is 0.0677. The zero-order valence-corrected chi connectivity index (χ0v) is 36.4. The molecule has 341 valence electrons. The molecule has 0 aromatic carbocycles. The molecule has 0 saturated carbocycles. The van der Waals surface area contributed by atoms with Gasteiger partial charge in [0.15, 0.2) is 25.2 Å². The van der Waals surface area contributed by atoms with E-state index < -0.39 is 180 Å². The zero-order valence-electron chi connectivity index (χ0n) is 31.7. The van der Waals surface area contributed by atoms with Gasteiger partial charge in [0.2, 0.25) is 0 Å². The molecule has 5 aliphatic heterocycles. The van der Waals surface area contributed by atoms with Gasteiger partial charge in [-0.05, 0) is 6.92 Å². The van der Waals surface area contributed by atoms with Crippen LogP contribution in [0.1, 0.15) is 6.92 Å². The maximum absolute atomic E-state index is 11.4. The van der Waals surface area contributed by atoms with Gasteiger partial charge in [-0.1, -0.05) is 12.1 Å². The fourth-order valence-corrected chi connectivity index (χ4v) is 7.25. The van der Waals surface area contributed by atoms with Crippen LogP contribution in [0.25, 0.3) is 5.73 Å².